The summed E-state index contributed by atoms with van der Waals surface area (Å²) in [6, 6.07) is 29.7. The third-order valence-corrected chi connectivity index (χ3v) is 6.57. The molecular weight excluding hydrogens is 355 g/mol. The molecule has 6 rings (SSSR count). The van der Waals surface area contributed by atoms with Gasteiger partial charge in [-0.3, -0.25) is 0 Å². The van der Waals surface area contributed by atoms with Crippen molar-refractivity contribution in [2.75, 3.05) is 0 Å². The molecular formula is C26H19BO2. The van der Waals surface area contributed by atoms with Crippen molar-refractivity contribution in [2.45, 2.75) is 12.3 Å². The molecule has 29 heavy (non-hydrogen) atoms. The Hall–Kier alpha value is -3.14. The molecule has 1 atom stereocenters. The summed E-state index contributed by atoms with van der Waals surface area (Å²) in [5.41, 5.74) is 11.1. The largest absolute Gasteiger partial charge is 0.488 e. The predicted molar refractivity (Wildman–Crippen MR) is 117 cm³/mol. The van der Waals surface area contributed by atoms with Gasteiger partial charge in [0.25, 0.3) is 0 Å². The van der Waals surface area contributed by atoms with Crippen molar-refractivity contribution < 1.29 is 10.0 Å². The summed E-state index contributed by atoms with van der Waals surface area (Å²) in [5, 5.41) is 19.8. The summed E-state index contributed by atoms with van der Waals surface area (Å²) in [5.74, 6) is 0. The zero-order valence-corrected chi connectivity index (χ0v) is 16.1. The van der Waals surface area contributed by atoms with Gasteiger partial charge in [0.15, 0.2) is 0 Å². The first kappa shape index (κ1) is 16.8. The van der Waals surface area contributed by atoms with Crippen molar-refractivity contribution in [3.63, 3.8) is 0 Å². The fourth-order valence-corrected chi connectivity index (χ4v) is 5.43. The van der Waals surface area contributed by atoms with Crippen LogP contribution in [-0.4, -0.2) is 17.2 Å². The third kappa shape index (κ3) is 1.99. The van der Waals surface area contributed by atoms with Crippen molar-refractivity contribution in [1.29, 1.82) is 0 Å². The minimum absolute atomic E-state index is 0.436. The van der Waals surface area contributed by atoms with Crippen LogP contribution in [0, 0.1) is 6.92 Å². The van der Waals surface area contributed by atoms with Crippen molar-refractivity contribution in [2.24, 2.45) is 0 Å². The lowest BCUT2D eigenvalue weighted by Crippen LogP contribution is -2.33. The van der Waals surface area contributed by atoms with Crippen LogP contribution in [0.15, 0.2) is 84.9 Å². The number of hydrogen-bond acceptors (Lipinski definition) is 2. The molecule has 1 spiro atoms. The zero-order chi connectivity index (χ0) is 19.8. The fourth-order valence-electron chi connectivity index (χ4n) is 5.43. The Morgan fingerprint density at radius 1 is 0.586 bits per heavy atom. The van der Waals surface area contributed by atoms with E-state index < -0.39 is 12.5 Å². The Balaban J connectivity index is 1.84. The molecule has 4 aromatic carbocycles. The van der Waals surface area contributed by atoms with E-state index >= 15 is 0 Å². The summed E-state index contributed by atoms with van der Waals surface area (Å²) in [6.07, 6.45) is 0. The van der Waals surface area contributed by atoms with Crippen LogP contribution in [0.1, 0.15) is 27.8 Å². The lowest BCUT2D eigenvalue weighted by molar-refractivity contribution is 0.425. The topological polar surface area (TPSA) is 40.5 Å². The van der Waals surface area contributed by atoms with Crippen LogP contribution in [0.3, 0.4) is 0 Å². The van der Waals surface area contributed by atoms with Gasteiger partial charge in [-0.2, -0.15) is 0 Å². The van der Waals surface area contributed by atoms with Gasteiger partial charge in [-0.15, -0.1) is 0 Å². The fraction of sp³-hybridized carbons (Fsp3) is 0.0769. The van der Waals surface area contributed by atoms with Gasteiger partial charge in [0.1, 0.15) is 0 Å². The van der Waals surface area contributed by atoms with E-state index in [-0.39, 0.29) is 0 Å². The molecule has 0 aliphatic heterocycles. The Bertz CT molecular complexity index is 1290. The molecule has 138 valence electrons. The number of rotatable bonds is 1. The molecule has 2 aliphatic rings. The molecule has 0 aromatic heterocycles. The van der Waals surface area contributed by atoms with Crippen molar-refractivity contribution >= 4 is 12.6 Å². The Labute approximate surface area is 170 Å². The van der Waals surface area contributed by atoms with Gasteiger partial charge in [-0.25, -0.2) is 0 Å². The molecule has 4 aromatic rings. The van der Waals surface area contributed by atoms with E-state index in [0.717, 1.165) is 11.1 Å². The maximum absolute atomic E-state index is 9.89. The van der Waals surface area contributed by atoms with Gasteiger partial charge in [-0.1, -0.05) is 90.5 Å². The molecule has 2 N–H and O–H groups in total. The Morgan fingerprint density at radius 3 is 1.72 bits per heavy atom. The Kier molecular flexibility index (Phi) is 3.30. The number of fused-ring (bicyclic) bond motifs is 10. The third-order valence-electron chi connectivity index (χ3n) is 6.57. The van der Waals surface area contributed by atoms with Gasteiger partial charge >= 0.3 is 7.12 Å². The van der Waals surface area contributed by atoms with Crippen LogP contribution >= 0.6 is 0 Å². The van der Waals surface area contributed by atoms with Gasteiger partial charge in [0, 0.05) is 0 Å². The number of aryl methyl sites for hydroxylation is 1. The monoisotopic (exact) mass is 374 g/mol. The normalized spacial score (nSPS) is 17.6. The van der Waals surface area contributed by atoms with Crippen molar-refractivity contribution in [3.8, 4) is 22.3 Å². The maximum Gasteiger partial charge on any atom is 0.488 e. The molecule has 0 heterocycles. The molecule has 0 saturated carbocycles. The minimum Gasteiger partial charge on any atom is -0.423 e. The minimum atomic E-state index is -1.49. The molecule has 0 radical (unpaired) electrons. The van der Waals surface area contributed by atoms with Crippen LogP contribution in [0.2, 0.25) is 0 Å². The van der Waals surface area contributed by atoms with Crippen molar-refractivity contribution in [1.82, 2.24) is 0 Å². The second-order valence-electron chi connectivity index (χ2n) is 8.07. The standard InChI is InChI=1S/C26H19BO2/c1-16-10-12-20-18-6-2-4-8-22(18)26(24(20)14-16)23-9-5-3-7-19(23)21-13-11-17(27(28)29)15-25(21)26/h2-15,28-29H,1H3. The van der Waals surface area contributed by atoms with Crippen LogP contribution in [0.4, 0.5) is 0 Å². The van der Waals surface area contributed by atoms with Crippen LogP contribution < -0.4 is 5.46 Å². The summed E-state index contributed by atoms with van der Waals surface area (Å²) >= 11 is 0. The molecule has 3 heteroatoms. The molecule has 1 unspecified atom stereocenters. The van der Waals surface area contributed by atoms with E-state index in [4.69, 9.17) is 0 Å². The summed E-state index contributed by atoms with van der Waals surface area (Å²) in [6.45, 7) is 2.13. The van der Waals surface area contributed by atoms with Crippen LogP contribution in [0.25, 0.3) is 22.3 Å². The highest BCUT2D eigenvalue weighted by Gasteiger charge is 2.51. The van der Waals surface area contributed by atoms with E-state index in [1.54, 1.807) is 0 Å². The van der Waals surface area contributed by atoms with Crippen LogP contribution in [-0.2, 0) is 5.41 Å². The summed E-state index contributed by atoms with van der Waals surface area (Å²) in [7, 11) is -1.49. The first-order valence-corrected chi connectivity index (χ1v) is 9.94. The molecule has 0 fully saturated rings. The van der Waals surface area contributed by atoms with E-state index in [0.29, 0.717) is 5.46 Å². The van der Waals surface area contributed by atoms with Gasteiger partial charge < -0.3 is 10.0 Å². The van der Waals surface area contributed by atoms with Crippen molar-refractivity contribution in [3.05, 3.63) is 113 Å². The lowest BCUT2D eigenvalue weighted by Gasteiger charge is -2.31. The highest BCUT2D eigenvalue weighted by atomic mass is 16.4. The Morgan fingerprint density at radius 2 is 1.10 bits per heavy atom. The first-order valence-electron chi connectivity index (χ1n) is 9.94. The maximum atomic E-state index is 9.89. The summed E-state index contributed by atoms with van der Waals surface area (Å²) < 4.78 is 0. The smallest absolute Gasteiger partial charge is 0.423 e. The highest BCUT2D eigenvalue weighted by molar-refractivity contribution is 6.58. The SMILES string of the molecule is Cc1ccc2c(c1)C1(c3ccccc3-2)c2ccccc2-c2ccc(B(O)O)cc21. The average molecular weight is 374 g/mol. The quantitative estimate of drug-likeness (QED) is 0.427. The molecule has 0 bridgehead atoms. The number of hydrogen-bond donors (Lipinski definition) is 2. The molecule has 0 amide bonds. The number of benzene rings is 4. The van der Waals surface area contributed by atoms with Crippen LogP contribution in [0.5, 0.6) is 0 Å². The van der Waals surface area contributed by atoms with Gasteiger partial charge in [0.2, 0.25) is 0 Å². The average Bonchev–Trinajstić information content (AvgIpc) is 3.20. The molecule has 2 aliphatic carbocycles. The summed E-state index contributed by atoms with van der Waals surface area (Å²) in [4.78, 5) is 0. The van der Waals surface area contributed by atoms with Gasteiger partial charge in [-0.05, 0) is 56.9 Å². The predicted octanol–water partition coefficient (Wildman–Crippen LogP) is 4.02. The van der Waals surface area contributed by atoms with Gasteiger partial charge in [0.05, 0.1) is 5.41 Å². The molecule has 0 saturated heterocycles. The van der Waals surface area contributed by atoms with E-state index in [9.17, 15) is 10.0 Å². The molecule has 2 nitrogen and oxygen atoms in total. The van der Waals surface area contributed by atoms with E-state index in [2.05, 4.69) is 73.7 Å². The first-order chi connectivity index (χ1) is 14.1. The van der Waals surface area contributed by atoms with E-state index in [1.807, 2.05) is 18.2 Å². The highest BCUT2D eigenvalue weighted by Crippen LogP contribution is 2.62. The zero-order valence-electron chi connectivity index (χ0n) is 16.1. The second kappa shape index (κ2) is 5.70. The lowest BCUT2D eigenvalue weighted by atomic mass is 9.68. The van der Waals surface area contributed by atoms with E-state index in [1.165, 1.54) is 38.9 Å². The second-order valence-corrected chi connectivity index (χ2v) is 8.07.